The summed E-state index contributed by atoms with van der Waals surface area (Å²) in [6.07, 6.45) is 4.18. The third-order valence-corrected chi connectivity index (χ3v) is 4.55. The number of hydrogen-bond donors (Lipinski definition) is 2. The minimum Gasteiger partial charge on any atom is -0.332 e. The Morgan fingerprint density at radius 3 is 3.00 bits per heavy atom. The van der Waals surface area contributed by atoms with E-state index in [1.54, 1.807) is 23.6 Å². The minimum absolute atomic E-state index is 0.101. The van der Waals surface area contributed by atoms with E-state index in [-0.39, 0.29) is 12.1 Å². The summed E-state index contributed by atoms with van der Waals surface area (Å²) in [7, 11) is 0. The van der Waals surface area contributed by atoms with Crippen LogP contribution in [0.2, 0.25) is 0 Å². The lowest BCUT2D eigenvalue weighted by molar-refractivity contribution is 0.237. The van der Waals surface area contributed by atoms with Crippen molar-refractivity contribution >= 4 is 17.4 Å². The largest absolute Gasteiger partial charge is 0.332 e. The molecule has 22 heavy (non-hydrogen) atoms. The van der Waals surface area contributed by atoms with Crippen LogP contribution in [-0.4, -0.2) is 21.0 Å². The number of amides is 2. The van der Waals surface area contributed by atoms with E-state index >= 15 is 0 Å². The van der Waals surface area contributed by atoms with Crippen molar-refractivity contribution in [3.8, 4) is 0 Å². The van der Waals surface area contributed by atoms with Crippen LogP contribution in [0.15, 0.2) is 17.6 Å². The Morgan fingerprint density at radius 1 is 1.45 bits per heavy atom. The van der Waals surface area contributed by atoms with Crippen molar-refractivity contribution in [2.24, 2.45) is 0 Å². The van der Waals surface area contributed by atoms with Crippen LogP contribution in [0.25, 0.3) is 0 Å². The predicted molar refractivity (Wildman–Crippen MR) is 84.6 cm³/mol. The fourth-order valence-electron chi connectivity index (χ4n) is 2.11. The first-order valence-corrected chi connectivity index (χ1v) is 8.28. The molecule has 0 radical (unpaired) electrons. The molecule has 0 spiro atoms. The zero-order valence-electron chi connectivity index (χ0n) is 12.7. The number of rotatable bonds is 5. The molecule has 7 heteroatoms. The van der Waals surface area contributed by atoms with Crippen molar-refractivity contribution < 1.29 is 4.79 Å². The highest BCUT2D eigenvalue weighted by molar-refractivity contribution is 7.09. The zero-order chi connectivity index (χ0) is 15.5. The lowest BCUT2D eigenvalue weighted by atomic mass is 10.2. The predicted octanol–water partition coefficient (Wildman–Crippen LogP) is 2.68. The Morgan fingerprint density at radius 2 is 2.27 bits per heavy atom. The van der Waals surface area contributed by atoms with Gasteiger partial charge in [-0.05, 0) is 32.8 Å². The molecule has 0 unspecified atom stereocenters. The second-order valence-electron chi connectivity index (χ2n) is 5.53. The lowest BCUT2D eigenvalue weighted by Gasteiger charge is -2.12. The van der Waals surface area contributed by atoms with Crippen molar-refractivity contribution in [1.82, 2.24) is 25.6 Å². The Kier molecular flexibility index (Phi) is 4.33. The number of hydrogen-bond acceptors (Lipinski definition) is 5. The van der Waals surface area contributed by atoms with Gasteiger partial charge in [-0.25, -0.2) is 19.7 Å². The van der Waals surface area contributed by atoms with E-state index in [2.05, 4.69) is 25.6 Å². The van der Waals surface area contributed by atoms with Gasteiger partial charge in [0.15, 0.2) is 0 Å². The van der Waals surface area contributed by atoms with Crippen LogP contribution in [0, 0.1) is 6.92 Å². The number of aromatic nitrogens is 3. The van der Waals surface area contributed by atoms with Gasteiger partial charge in [-0.1, -0.05) is 0 Å². The van der Waals surface area contributed by atoms with E-state index in [0.29, 0.717) is 18.3 Å². The highest BCUT2D eigenvalue weighted by Crippen LogP contribution is 2.41. The SMILES string of the molecule is Cc1nccc(CNC(=O)N[C@H](C)c2csc(C3CC3)n2)n1. The number of aryl methyl sites for hydroxylation is 1. The summed E-state index contributed by atoms with van der Waals surface area (Å²) in [6.45, 7) is 4.15. The standard InChI is InChI=1S/C15H19N5OS/c1-9(13-8-22-14(20-13)11-3-4-11)18-15(21)17-7-12-5-6-16-10(2)19-12/h5-6,8-9,11H,3-4,7H2,1-2H3,(H2,17,18,21)/t9-/m1/s1. The summed E-state index contributed by atoms with van der Waals surface area (Å²) in [5.41, 5.74) is 1.72. The summed E-state index contributed by atoms with van der Waals surface area (Å²) in [5.74, 6) is 1.35. The third-order valence-electron chi connectivity index (χ3n) is 3.52. The molecular weight excluding hydrogens is 298 g/mol. The van der Waals surface area contributed by atoms with Crippen molar-refractivity contribution in [1.29, 1.82) is 0 Å². The summed E-state index contributed by atoms with van der Waals surface area (Å²) in [6, 6.07) is 1.47. The third kappa shape index (κ3) is 3.79. The summed E-state index contributed by atoms with van der Waals surface area (Å²) in [4.78, 5) is 24.8. The smallest absolute Gasteiger partial charge is 0.315 e. The van der Waals surface area contributed by atoms with Crippen LogP contribution in [-0.2, 0) is 6.54 Å². The molecule has 2 amide bonds. The quantitative estimate of drug-likeness (QED) is 0.888. The van der Waals surface area contributed by atoms with Gasteiger partial charge in [0, 0.05) is 17.5 Å². The van der Waals surface area contributed by atoms with Crippen LogP contribution >= 0.6 is 11.3 Å². The minimum atomic E-state index is -0.218. The molecular formula is C15H19N5OS. The Hall–Kier alpha value is -2.02. The molecule has 6 nitrogen and oxygen atoms in total. The zero-order valence-corrected chi connectivity index (χ0v) is 13.5. The number of carbonyl (C=O) groups is 1. The molecule has 1 saturated carbocycles. The Labute approximate surface area is 133 Å². The molecule has 116 valence electrons. The van der Waals surface area contributed by atoms with E-state index in [1.165, 1.54) is 17.8 Å². The molecule has 0 bridgehead atoms. The molecule has 2 heterocycles. The molecule has 0 aromatic carbocycles. The fraction of sp³-hybridized carbons (Fsp3) is 0.467. The van der Waals surface area contributed by atoms with Gasteiger partial charge in [0.2, 0.25) is 0 Å². The lowest BCUT2D eigenvalue weighted by Crippen LogP contribution is -2.36. The number of carbonyl (C=O) groups excluding carboxylic acids is 1. The molecule has 1 fully saturated rings. The number of nitrogens with one attached hydrogen (secondary N) is 2. The topological polar surface area (TPSA) is 79.8 Å². The normalized spacial score (nSPS) is 15.4. The molecule has 0 aliphatic heterocycles. The van der Waals surface area contributed by atoms with Gasteiger partial charge in [-0.2, -0.15) is 0 Å². The van der Waals surface area contributed by atoms with Crippen molar-refractivity contribution in [2.45, 2.75) is 45.2 Å². The molecule has 2 N–H and O–H groups in total. The monoisotopic (exact) mass is 317 g/mol. The molecule has 1 aliphatic rings. The maximum atomic E-state index is 11.9. The summed E-state index contributed by atoms with van der Waals surface area (Å²) in [5, 5.41) is 8.94. The molecule has 1 aliphatic carbocycles. The van der Waals surface area contributed by atoms with Gasteiger partial charge in [0.25, 0.3) is 0 Å². The number of nitrogens with zero attached hydrogens (tertiary/aromatic N) is 3. The van der Waals surface area contributed by atoms with Gasteiger partial charge in [0.1, 0.15) is 5.82 Å². The first kappa shape index (κ1) is 14.9. The first-order chi connectivity index (χ1) is 10.6. The second-order valence-corrected chi connectivity index (χ2v) is 6.42. The van der Waals surface area contributed by atoms with E-state index in [1.807, 2.05) is 19.2 Å². The number of thiazole rings is 1. The highest BCUT2D eigenvalue weighted by Gasteiger charge is 2.27. The van der Waals surface area contributed by atoms with Gasteiger partial charge >= 0.3 is 6.03 Å². The maximum Gasteiger partial charge on any atom is 0.315 e. The second kappa shape index (κ2) is 6.39. The average Bonchev–Trinajstić information content (AvgIpc) is 3.22. The summed E-state index contributed by atoms with van der Waals surface area (Å²) < 4.78 is 0. The van der Waals surface area contributed by atoms with Gasteiger partial charge < -0.3 is 10.6 Å². The Balaban J connectivity index is 1.49. The molecule has 3 rings (SSSR count). The van der Waals surface area contributed by atoms with E-state index in [0.717, 1.165) is 11.4 Å². The Bertz CT molecular complexity index is 667. The van der Waals surface area contributed by atoms with Crippen LogP contribution in [0.4, 0.5) is 4.79 Å². The van der Waals surface area contributed by atoms with E-state index in [9.17, 15) is 4.79 Å². The van der Waals surface area contributed by atoms with Crippen LogP contribution in [0.5, 0.6) is 0 Å². The van der Waals surface area contributed by atoms with Gasteiger partial charge in [-0.15, -0.1) is 11.3 Å². The van der Waals surface area contributed by atoms with E-state index < -0.39 is 0 Å². The highest BCUT2D eigenvalue weighted by atomic mass is 32.1. The fourth-order valence-corrected chi connectivity index (χ4v) is 3.20. The molecule has 2 aromatic heterocycles. The first-order valence-electron chi connectivity index (χ1n) is 7.40. The van der Waals surface area contributed by atoms with Crippen LogP contribution in [0.1, 0.15) is 53.9 Å². The van der Waals surface area contributed by atoms with Crippen molar-refractivity contribution in [2.75, 3.05) is 0 Å². The summed E-state index contributed by atoms with van der Waals surface area (Å²) >= 11 is 1.69. The van der Waals surface area contributed by atoms with E-state index in [4.69, 9.17) is 0 Å². The molecule has 0 saturated heterocycles. The van der Waals surface area contributed by atoms with Crippen LogP contribution in [0.3, 0.4) is 0 Å². The van der Waals surface area contributed by atoms with Crippen LogP contribution < -0.4 is 10.6 Å². The van der Waals surface area contributed by atoms with Crippen molar-refractivity contribution in [3.63, 3.8) is 0 Å². The van der Waals surface area contributed by atoms with Gasteiger partial charge in [-0.3, -0.25) is 0 Å². The molecule has 2 aromatic rings. The maximum absolute atomic E-state index is 11.9. The van der Waals surface area contributed by atoms with Crippen molar-refractivity contribution in [3.05, 3.63) is 39.9 Å². The molecule has 1 atom stereocenters. The number of urea groups is 1. The average molecular weight is 317 g/mol. The van der Waals surface area contributed by atoms with Gasteiger partial charge in [0.05, 0.1) is 29.0 Å².